The molecule has 0 aliphatic carbocycles. The Kier molecular flexibility index (Phi) is 3.30. The van der Waals surface area contributed by atoms with E-state index in [1.807, 2.05) is 30.5 Å². The maximum Gasteiger partial charge on any atom is 0.133 e. The van der Waals surface area contributed by atoms with Crippen molar-refractivity contribution in [3.8, 4) is 5.75 Å². The molecule has 1 heterocycles. The van der Waals surface area contributed by atoms with Crippen LogP contribution in [-0.4, -0.2) is 4.98 Å². The SMILES string of the molecule is Cc1ccc2[nH]cc(COc3ccccc3Br)c2c1. The van der Waals surface area contributed by atoms with Gasteiger partial charge in [-0.2, -0.15) is 0 Å². The third-order valence-electron chi connectivity index (χ3n) is 3.14. The summed E-state index contributed by atoms with van der Waals surface area (Å²) in [6, 6.07) is 14.3. The highest BCUT2D eigenvalue weighted by Crippen LogP contribution is 2.26. The highest BCUT2D eigenvalue weighted by Gasteiger charge is 2.06. The Morgan fingerprint density at radius 1 is 1.16 bits per heavy atom. The molecule has 0 radical (unpaired) electrons. The highest BCUT2D eigenvalue weighted by atomic mass is 79.9. The van der Waals surface area contributed by atoms with Crippen molar-refractivity contribution in [3.63, 3.8) is 0 Å². The number of para-hydroxylation sites is 1. The van der Waals surface area contributed by atoms with Crippen LogP contribution < -0.4 is 4.74 Å². The molecule has 0 aliphatic heterocycles. The van der Waals surface area contributed by atoms with Crippen LogP contribution in [0.15, 0.2) is 53.1 Å². The fourth-order valence-electron chi connectivity index (χ4n) is 2.13. The van der Waals surface area contributed by atoms with E-state index in [2.05, 4.69) is 46.0 Å². The van der Waals surface area contributed by atoms with Crippen LogP contribution in [0.25, 0.3) is 10.9 Å². The minimum atomic E-state index is 0.562. The van der Waals surface area contributed by atoms with E-state index in [0.29, 0.717) is 6.61 Å². The predicted molar refractivity (Wildman–Crippen MR) is 81.5 cm³/mol. The van der Waals surface area contributed by atoms with Crippen molar-refractivity contribution in [2.24, 2.45) is 0 Å². The van der Waals surface area contributed by atoms with E-state index in [0.717, 1.165) is 15.7 Å². The number of aromatic amines is 1. The van der Waals surface area contributed by atoms with E-state index in [1.54, 1.807) is 0 Å². The third kappa shape index (κ3) is 2.51. The van der Waals surface area contributed by atoms with Gasteiger partial charge < -0.3 is 9.72 Å². The summed E-state index contributed by atoms with van der Waals surface area (Å²) < 4.78 is 6.84. The quantitative estimate of drug-likeness (QED) is 0.736. The van der Waals surface area contributed by atoms with Gasteiger partial charge in [-0.05, 0) is 47.1 Å². The first-order valence-electron chi connectivity index (χ1n) is 6.18. The zero-order valence-electron chi connectivity index (χ0n) is 10.6. The first-order valence-corrected chi connectivity index (χ1v) is 6.97. The van der Waals surface area contributed by atoms with E-state index in [1.165, 1.54) is 16.5 Å². The maximum absolute atomic E-state index is 5.86. The number of H-pyrrole nitrogens is 1. The van der Waals surface area contributed by atoms with Crippen LogP contribution in [-0.2, 0) is 6.61 Å². The van der Waals surface area contributed by atoms with Crippen molar-refractivity contribution in [1.29, 1.82) is 0 Å². The van der Waals surface area contributed by atoms with Gasteiger partial charge in [0.15, 0.2) is 0 Å². The molecule has 3 heteroatoms. The highest BCUT2D eigenvalue weighted by molar-refractivity contribution is 9.10. The van der Waals surface area contributed by atoms with E-state index in [4.69, 9.17) is 4.74 Å². The van der Waals surface area contributed by atoms with Crippen molar-refractivity contribution in [3.05, 3.63) is 64.3 Å². The Morgan fingerprint density at radius 3 is 2.84 bits per heavy atom. The number of hydrogen-bond donors (Lipinski definition) is 1. The Labute approximate surface area is 120 Å². The number of aromatic nitrogens is 1. The number of hydrogen-bond acceptors (Lipinski definition) is 1. The molecule has 0 spiro atoms. The monoisotopic (exact) mass is 315 g/mol. The Bertz CT molecular complexity index is 718. The lowest BCUT2D eigenvalue weighted by Gasteiger charge is -2.07. The summed E-state index contributed by atoms with van der Waals surface area (Å²) in [4.78, 5) is 3.27. The summed E-state index contributed by atoms with van der Waals surface area (Å²) in [5.74, 6) is 0.865. The minimum absolute atomic E-state index is 0.562. The average Bonchev–Trinajstić information content (AvgIpc) is 2.80. The second-order valence-corrected chi connectivity index (χ2v) is 5.44. The van der Waals surface area contributed by atoms with Gasteiger partial charge in [-0.25, -0.2) is 0 Å². The van der Waals surface area contributed by atoms with E-state index < -0.39 is 0 Å². The van der Waals surface area contributed by atoms with Gasteiger partial charge in [0.25, 0.3) is 0 Å². The second kappa shape index (κ2) is 5.10. The van der Waals surface area contributed by atoms with Crippen molar-refractivity contribution >= 4 is 26.8 Å². The number of fused-ring (bicyclic) bond motifs is 1. The minimum Gasteiger partial charge on any atom is -0.488 e. The summed E-state index contributed by atoms with van der Waals surface area (Å²) in [6.45, 7) is 2.66. The fourth-order valence-corrected chi connectivity index (χ4v) is 2.53. The molecule has 3 rings (SSSR count). The van der Waals surface area contributed by atoms with Crippen LogP contribution in [0.3, 0.4) is 0 Å². The first kappa shape index (κ1) is 12.3. The number of ether oxygens (including phenoxy) is 1. The third-order valence-corrected chi connectivity index (χ3v) is 3.80. The Balaban J connectivity index is 1.86. The molecule has 3 aromatic rings. The summed E-state index contributed by atoms with van der Waals surface area (Å²) in [7, 11) is 0. The van der Waals surface area contributed by atoms with Crippen LogP contribution in [0.2, 0.25) is 0 Å². The summed E-state index contributed by atoms with van der Waals surface area (Å²) in [5.41, 5.74) is 3.58. The van der Waals surface area contributed by atoms with Crippen LogP contribution in [0.4, 0.5) is 0 Å². The summed E-state index contributed by atoms with van der Waals surface area (Å²) in [5, 5.41) is 1.23. The molecule has 0 atom stereocenters. The lowest BCUT2D eigenvalue weighted by Crippen LogP contribution is -1.95. The summed E-state index contributed by atoms with van der Waals surface area (Å²) in [6.07, 6.45) is 2.01. The normalized spacial score (nSPS) is 10.8. The zero-order chi connectivity index (χ0) is 13.2. The van der Waals surface area contributed by atoms with Gasteiger partial charge in [-0.3, -0.25) is 0 Å². The van der Waals surface area contributed by atoms with Crippen molar-refractivity contribution in [2.45, 2.75) is 13.5 Å². The topological polar surface area (TPSA) is 25.0 Å². The van der Waals surface area contributed by atoms with Crippen molar-refractivity contribution < 1.29 is 4.74 Å². The van der Waals surface area contributed by atoms with Gasteiger partial charge in [0.1, 0.15) is 12.4 Å². The molecule has 0 aliphatic rings. The number of halogens is 1. The lowest BCUT2D eigenvalue weighted by molar-refractivity contribution is 0.305. The largest absolute Gasteiger partial charge is 0.488 e. The lowest BCUT2D eigenvalue weighted by atomic mass is 10.1. The van der Waals surface area contributed by atoms with Gasteiger partial charge in [-0.15, -0.1) is 0 Å². The Hall–Kier alpha value is -1.74. The van der Waals surface area contributed by atoms with E-state index >= 15 is 0 Å². The van der Waals surface area contributed by atoms with Gasteiger partial charge >= 0.3 is 0 Å². The zero-order valence-corrected chi connectivity index (χ0v) is 12.2. The predicted octanol–water partition coefficient (Wildman–Crippen LogP) is 4.82. The second-order valence-electron chi connectivity index (χ2n) is 4.58. The molecular formula is C16H14BrNO. The molecule has 0 bridgehead atoms. The standard InChI is InChI=1S/C16H14BrNO/c1-11-6-7-15-13(8-11)12(9-18-15)10-19-16-5-3-2-4-14(16)17/h2-9,18H,10H2,1H3. The van der Waals surface area contributed by atoms with E-state index in [9.17, 15) is 0 Å². The first-order chi connectivity index (χ1) is 9.24. The van der Waals surface area contributed by atoms with Gasteiger partial charge in [0.2, 0.25) is 0 Å². The molecule has 2 nitrogen and oxygen atoms in total. The molecule has 0 unspecified atom stereocenters. The molecule has 0 saturated carbocycles. The molecule has 2 aromatic carbocycles. The molecule has 0 amide bonds. The van der Waals surface area contributed by atoms with Crippen LogP contribution in [0.1, 0.15) is 11.1 Å². The number of rotatable bonds is 3. The molecule has 1 aromatic heterocycles. The molecule has 19 heavy (non-hydrogen) atoms. The number of aryl methyl sites for hydroxylation is 1. The van der Waals surface area contributed by atoms with Gasteiger partial charge in [-0.1, -0.05) is 23.8 Å². The molecule has 1 N–H and O–H groups in total. The van der Waals surface area contributed by atoms with Gasteiger partial charge in [0, 0.05) is 22.7 Å². The molecule has 0 saturated heterocycles. The van der Waals surface area contributed by atoms with E-state index in [-0.39, 0.29) is 0 Å². The Morgan fingerprint density at radius 2 is 2.00 bits per heavy atom. The number of benzene rings is 2. The van der Waals surface area contributed by atoms with Crippen molar-refractivity contribution in [2.75, 3.05) is 0 Å². The van der Waals surface area contributed by atoms with Crippen LogP contribution >= 0.6 is 15.9 Å². The maximum atomic E-state index is 5.86. The smallest absolute Gasteiger partial charge is 0.133 e. The molecular weight excluding hydrogens is 302 g/mol. The fraction of sp³-hybridized carbons (Fsp3) is 0.125. The van der Waals surface area contributed by atoms with Gasteiger partial charge in [0.05, 0.1) is 4.47 Å². The molecule has 0 fully saturated rings. The summed E-state index contributed by atoms with van der Waals surface area (Å²) >= 11 is 3.49. The molecule has 96 valence electrons. The van der Waals surface area contributed by atoms with Crippen molar-refractivity contribution in [1.82, 2.24) is 4.98 Å². The average molecular weight is 316 g/mol. The van der Waals surface area contributed by atoms with Crippen LogP contribution in [0.5, 0.6) is 5.75 Å². The number of nitrogens with one attached hydrogen (secondary N) is 1. The van der Waals surface area contributed by atoms with Crippen LogP contribution in [0, 0.1) is 6.92 Å².